The molecule has 5 nitrogen and oxygen atoms in total. The predicted molar refractivity (Wildman–Crippen MR) is 82.9 cm³/mol. The van der Waals surface area contributed by atoms with Gasteiger partial charge in [0.25, 0.3) is 0 Å². The largest absolute Gasteiger partial charge is 0.479 e. The lowest BCUT2D eigenvalue weighted by atomic mass is 9.97. The Labute approximate surface area is 143 Å². The highest BCUT2D eigenvalue weighted by molar-refractivity contribution is 5.80. The minimum atomic E-state index is -4.43. The Kier molecular flexibility index (Phi) is 5.72. The van der Waals surface area contributed by atoms with Crippen molar-refractivity contribution in [2.45, 2.75) is 38.7 Å². The minimum Gasteiger partial charge on any atom is -0.479 e. The zero-order chi connectivity index (χ0) is 18.8. The number of hydrogen-bond donors (Lipinski definition) is 1. The number of nitrogens with zero attached hydrogens (tertiary/aromatic N) is 1. The summed E-state index contributed by atoms with van der Waals surface area (Å²) in [6.07, 6.45) is -5.79. The molecule has 0 saturated carbocycles. The lowest BCUT2D eigenvalue weighted by Gasteiger charge is -2.36. The molecule has 0 aliphatic carbocycles. The Hall–Kier alpha value is -2.09. The number of carboxylic acid groups (broad SMARTS) is 1. The summed E-state index contributed by atoms with van der Waals surface area (Å²) < 4.78 is 43.6. The van der Waals surface area contributed by atoms with Gasteiger partial charge >= 0.3 is 12.1 Å². The highest BCUT2D eigenvalue weighted by atomic mass is 19.4. The van der Waals surface area contributed by atoms with E-state index in [0.29, 0.717) is 5.56 Å². The number of morpholine rings is 1. The lowest BCUT2D eigenvalue weighted by Crippen LogP contribution is -2.53. The average Bonchev–Trinajstić information content (AvgIpc) is 2.52. The fourth-order valence-corrected chi connectivity index (χ4v) is 2.89. The number of aliphatic carboxylic acids is 1. The molecule has 2 rings (SSSR count). The van der Waals surface area contributed by atoms with Crippen LogP contribution in [-0.2, 0) is 26.9 Å². The van der Waals surface area contributed by atoms with Gasteiger partial charge in [0.05, 0.1) is 18.2 Å². The molecule has 138 valence electrons. The topological polar surface area (TPSA) is 66.8 Å². The summed E-state index contributed by atoms with van der Waals surface area (Å²) in [4.78, 5) is 25.1. The average molecular weight is 359 g/mol. The van der Waals surface area contributed by atoms with Gasteiger partial charge in [0.2, 0.25) is 5.91 Å². The van der Waals surface area contributed by atoms with Gasteiger partial charge in [0.15, 0.2) is 6.10 Å². The second-order valence-corrected chi connectivity index (χ2v) is 6.32. The first kappa shape index (κ1) is 19.2. The fourth-order valence-electron chi connectivity index (χ4n) is 2.89. The van der Waals surface area contributed by atoms with Gasteiger partial charge in [-0.05, 0) is 25.0 Å². The first-order valence-electron chi connectivity index (χ1n) is 7.91. The van der Waals surface area contributed by atoms with Gasteiger partial charge in [-0.3, -0.25) is 4.79 Å². The van der Waals surface area contributed by atoms with E-state index >= 15 is 0 Å². The summed E-state index contributed by atoms with van der Waals surface area (Å²) in [5, 5.41) is 9.07. The van der Waals surface area contributed by atoms with Crippen LogP contribution in [0.5, 0.6) is 0 Å². The van der Waals surface area contributed by atoms with Crippen LogP contribution < -0.4 is 0 Å². The third kappa shape index (κ3) is 4.94. The quantitative estimate of drug-likeness (QED) is 0.897. The highest BCUT2D eigenvalue weighted by Crippen LogP contribution is 2.30. The maximum Gasteiger partial charge on any atom is 0.416 e. The van der Waals surface area contributed by atoms with Crippen LogP contribution in [-0.4, -0.2) is 47.2 Å². The molecule has 1 aliphatic rings. The fraction of sp³-hybridized carbons (Fsp3) is 0.529. The summed E-state index contributed by atoms with van der Waals surface area (Å²) in [6, 6.07) is 4.87. The summed E-state index contributed by atoms with van der Waals surface area (Å²) in [6.45, 7) is 3.49. The molecule has 1 aromatic rings. The summed E-state index contributed by atoms with van der Waals surface area (Å²) >= 11 is 0. The lowest BCUT2D eigenvalue weighted by molar-refractivity contribution is -0.167. The SMILES string of the molecule is CC(Cc1cccc(C(F)(F)F)c1)C(=O)N1CC(C(=O)O)O[C@H](C)C1. The van der Waals surface area contributed by atoms with Crippen LogP contribution in [0.3, 0.4) is 0 Å². The molecule has 3 atom stereocenters. The van der Waals surface area contributed by atoms with Gasteiger partial charge in [-0.25, -0.2) is 4.79 Å². The van der Waals surface area contributed by atoms with E-state index in [-0.39, 0.29) is 25.4 Å². The second kappa shape index (κ2) is 7.43. The number of carboxylic acids is 1. The molecular weight excluding hydrogens is 339 g/mol. The number of carbonyl (C=O) groups is 2. The Morgan fingerprint density at radius 2 is 2.04 bits per heavy atom. The minimum absolute atomic E-state index is 0.0641. The van der Waals surface area contributed by atoms with Crippen molar-refractivity contribution in [3.8, 4) is 0 Å². The number of halogens is 3. The molecule has 0 aromatic heterocycles. The number of alkyl halides is 3. The number of carbonyl (C=O) groups excluding carboxylic acids is 1. The molecule has 1 fully saturated rings. The first-order valence-corrected chi connectivity index (χ1v) is 7.91. The molecule has 0 bridgehead atoms. The van der Waals surface area contributed by atoms with E-state index in [2.05, 4.69) is 0 Å². The molecule has 25 heavy (non-hydrogen) atoms. The molecule has 1 saturated heterocycles. The molecule has 0 spiro atoms. The third-order valence-electron chi connectivity index (χ3n) is 4.07. The Balaban J connectivity index is 2.06. The molecule has 0 radical (unpaired) electrons. The summed E-state index contributed by atoms with van der Waals surface area (Å²) in [7, 11) is 0. The van der Waals surface area contributed by atoms with Crippen LogP contribution >= 0.6 is 0 Å². The van der Waals surface area contributed by atoms with Gasteiger partial charge in [0, 0.05) is 12.5 Å². The van der Waals surface area contributed by atoms with Crippen LogP contribution in [0.4, 0.5) is 13.2 Å². The van der Waals surface area contributed by atoms with E-state index in [9.17, 15) is 22.8 Å². The zero-order valence-corrected chi connectivity index (χ0v) is 13.9. The summed E-state index contributed by atoms with van der Waals surface area (Å²) in [5.41, 5.74) is -0.345. The number of benzene rings is 1. The summed E-state index contributed by atoms with van der Waals surface area (Å²) in [5.74, 6) is -2.00. The van der Waals surface area contributed by atoms with E-state index in [1.165, 1.54) is 11.0 Å². The maximum atomic E-state index is 12.8. The maximum absolute atomic E-state index is 12.8. The van der Waals surface area contributed by atoms with Crippen molar-refractivity contribution < 1.29 is 32.6 Å². The Bertz CT molecular complexity index is 647. The first-order chi connectivity index (χ1) is 11.6. The third-order valence-corrected chi connectivity index (χ3v) is 4.07. The zero-order valence-electron chi connectivity index (χ0n) is 13.9. The number of amides is 1. The van der Waals surface area contributed by atoms with Crippen LogP contribution in [0.1, 0.15) is 25.0 Å². The van der Waals surface area contributed by atoms with E-state index in [4.69, 9.17) is 9.84 Å². The van der Waals surface area contributed by atoms with Crippen molar-refractivity contribution in [1.82, 2.24) is 4.90 Å². The van der Waals surface area contributed by atoms with Crippen LogP contribution in [0.15, 0.2) is 24.3 Å². The van der Waals surface area contributed by atoms with Crippen molar-refractivity contribution in [2.75, 3.05) is 13.1 Å². The molecule has 8 heteroatoms. The number of ether oxygens (including phenoxy) is 1. The Morgan fingerprint density at radius 1 is 1.36 bits per heavy atom. The smallest absolute Gasteiger partial charge is 0.416 e. The van der Waals surface area contributed by atoms with Crippen molar-refractivity contribution >= 4 is 11.9 Å². The number of hydrogen-bond acceptors (Lipinski definition) is 3. The van der Waals surface area contributed by atoms with Crippen molar-refractivity contribution in [2.24, 2.45) is 5.92 Å². The van der Waals surface area contributed by atoms with Crippen LogP contribution in [0.25, 0.3) is 0 Å². The van der Waals surface area contributed by atoms with Gasteiger partial charge in [-0.1, -0.05) is 25.1 Å². The highest BCUT2D eigenvalue weighted by Gasteiger charge is 2.34. The van der Waals surface area contributed by atoms with Crippen LogP contribution in [0, 0.1) is 5.92 Å². The van der Waals surface area contributed by atoms with E-state index in [1.54, 1.807) is 19.9 Å². The molecular formula is C17H20F3NO4. The van der Waals surface area contributed by atoms with E-state index in [1.807, 2.05) is 0 Å². The monoisotopic (exact) mass is 359 g/mol. The van der Waals surface area contributed by atoms with E-state index in [0.717, 1.165) is 12.1 Å². The van der Waals surface area contributed by atoms with Gasteiger partial charge in [-0.2, -0.15) is 13.2 Å². The van der Waals surface area contributed by atoms with Crippen LogP contribution in [0.2, 0.25) is 0 Å². The van der Waals surface area contributed by atoms with Crippen molar-refractivity contribution in [3.63, 3.8) is 0 Å². The van der Waals surface area contributed by atoms with Gasteiger partial charge in [0.1, 0.15) is 0 Å². The molecule has 1 N–H and O–H groups in total. The molecule has 1 aromatic carbocycles. The van der Waals surface area contributed by atoms with E-state index < -0.39 is 35.8 Å². The standard InChI is InChI=1S/C17H20F3NO4/c1-10(6-12-4-3-5-13(7-12)17(18,19)20)15(22)21-8-11(2)25-14(9-21)16(23)24/h3-5,7,10-11,14H,6,8-9H2,1-2H3,(H,23,24)/t10?,11-,14?/m1/s1. The predicted octanol–water partition coefficient (Wildman–Crippen LogP) is 2.58. The molecule has 2 unspecified atom stereocenters. The number of rotatable bonds is 4. The van der Waals surface area contributed by atoms with Gasteiger partial charge < -0.3 is 14.7 Å². The van der Waals surface area contributed by atoms with Crippen molar-refractivity contribution in [1.29, 1.82) is 0 Å². The molecule has 1 heterocycles. The molecule has 1 aliphatic heterocycles. The second-order valence-electron chi connectivity index (χ2n) is 6.32. The van der Waals surface area contributed by atoms with Crippen molar-refractivity contribution in [3.05, 3.63) is 35.4 Å². The van der Waals surface area contributed by atoms with Gasteiger partial charge in [-0.15, -0.1) is 0 Å². The molecule has 1 amide bonds. The normalized spacial score (nSPS) is 22.5. The Morgan fingerprint density at radius 3 is 2.64 bits per heavy atom.